The number of ether oxygens (including phenoxy) is 1. The minimum atomic E-state index is -0.328. The molecule has 1 N–H and O–H groups in total. The molecule has 0 spiro atoms. The topological polar surface area (TPSA) is 61.9 Å². The number of nitrogens with zero attached hydrogens (tertiary/aromatic N) is 2. The Labute approximate surface area is 171 Å². The molecular weight excluding hydrogens is 366 g/mol. The number of amides is 2. The molecule has 2 heterocycles. The predicted octanol–water partition coefficient (Wildman–Crippen LogP) is 2.50. The first-order chi connectivity index (χ1) is 14.1. The molecule has 0 aromatic heterocycles. The second kappa shape index (κ2) is 8.66. The Kier molecular flexibility index (Phi) is 5.81. The molecule has 2 aliphatic heterocycles. The van der Waals surface area contributed by atoms with Crippen LogP contribution in [0, 0.1) is 12.8 Å². The smallest absolute Gasteiger partial charge is 0.227 e. The van der Waals surface area contributed by atoms with Gasteiger partial charge in [0.1, 0.15) is 0 Å². The Bertz CT molecular complexity index is 875. The highest BCUT2D eigenvalue weighted by molar-refractivity contribution is 6.02. The van der Waals surface area contributed by atoms with Crippen molar-refractivity contribution in [3.8, 4) is 0 Å². The minimum absolute atomic E-state index is 0.00111. The van der Waals surface area contributed by atoms with E-state index in [0.717, 1.165) is 30.0 Å². The molecule has 6 heteroatoms. The normalized spacial score (nSPS) is 19.5. The van der Waals surface area contributed by atoms with Crippen LogP contribution < -0.4 is 15.1 Å². The lowest BCUT2D eigenvalue weighted by Gasteiger charge is -2.32. The van der Waals surface area contributed by atoms with Crippen molar-refractivity contribution in [1.82, 2.24) is 5.32 Å². The highest BCUT2D eigenvalue weighted by atomic mass is 16.5. The number of hydrogen-bond donors (Lipinski definition) is 1. The van der Waals surface area contributed by atoms with E-state index < -0.39 is 0 Å². The Morgan fingerprint density at radius 1 is 1.07 bits per heavy atom. The molecule has 2 saturated heterocycles. The van der Waals surface area contributed by atoms with Crippen LogP contribution in [0.4, 0.5) is 11.4 Å². The van der Waals surface area contributed by atoms with Gasteiger partial charge in [-0.2, -0.15) is 0 Å². The van der Waals surface area contributed by atoms with E-state index in [1.54, 1.807) is 4.90 Å². The Hall–Kier alpha value is -2.86. The molecule has 2 aromatic rings. The largest absolute Gasteiger partial charge is 0.378 e. The number of nitrogens with one attached hydrogen (secondary N) is 1. The molecule has 1 atom stereocenters. The van der Waals surface area contributed by atoms with E-state index in [1.165, 1.54) is 5.56 Å². The molecule has 6 nitrogen and oxygen atoms in total. The minimum Gasteiger partial charge on any atom is -0.378 e. The van der Waals surface area contributed by atoms with Gasteiger partial charge in [-0.25, -0.2) is 0 Å². The van der Waals surface area contributed by atoms with Crippen LogP contribution in [0.25, 0.3) is 0 Å². The number of rotatable bonds is 5. The van der Waals surface area contributed by atoms with Gasteiger partial charge in [0.25, 0.3) is 0 Å². The van der Waals surface area contributed by atoms with E-state index in [4.69, 9.17) is 4.74 Å². The summed E-state index contributed by atoms with van der Waals surface area (Å²) in [6.45, 7) is 5.92. The maximum Gasteiger partial charge on any atom is 0.227 e. The maximum absolute atomic E-state index is 12.7. The third-order valence-electron chi connectivity index (χ3n) is 5.61. The Morgan fingerprint density at radius 2 is 1.76 bits per heavy atom. The Balaban J connectivity index is 1.43. The average Bonchev–Trinajstić information content (AvgIpc) is 3.15. The molecule has 152 valence electrons. The van der Waals surface area contributed by atoms with E-state index in [9.17, 15) is 9.59 Å². The highest BCUT2D eigenvalue weighted by Crippen LogP contribution is 2.34. The van der Waals surface area contributed by atoms with Crippen molar-refractivity contribution in [1.29, 1.82) is 0 Å². The number of anilines is 2. The first kappa shape index (κ1) is 19.5. The number of para-hydroxylation sites is 2. The monoisotopic (exact) mass is 393 g/mol. The molecule has 2 aromatic carbocycles. The van der Waals surface area contributed by atoms with E-state index in [2.05, 4.69) is 10.2 Å². The summed E-state index contributed by atoms with van der Waals surface area (Å²) in [5.41, 5.74) is 4.16. The van der Waals surface area contributed by atoms with Crippen LogP contribution >= 0.6 is 0 Å². The van der Waals surface area contributed by atoms with Gasteiger partial charge in [-0.3, -0.25) is 9.59 Å². The molecule has 0 aliphatic carbocycles. The lowest BCUT2D eigenvalue weighted by atomic mass is 10.1. The second-order valence-corrected chi connectivity index (χ2v) is 7.70. The van der Waals surface area contributed by atoms with Crippen molar-refractivity contribution < 1.29 is 14.3 Å². The molecule has 2 amide bonds. The summed E-state index contributed by atoms with van der Waals surface area (Å²) in [6, 6.07) is 16.0. The molecule has 2 aliphatic rings. The van der Waals surface area contributed by atoms with Crippen LogP contribution in [0.5, 0.6) is 0 Å². The summed E-state index contributed by atoms with van der Waals surface area (Å²) in [5, 5.41) is 2.99. The van der Waals surface area contributed by atoms with Gasteiger partial charge in [0.15, 0.2) is 0 Å². The number of carbonyl (C=O) groups excluding carboxylic acids is 2. The summed E-state index contributed by atoms with van der Waals surface area (Å²) in [4.78, 5) is 29.4. The number of hydrogen-bond acceptors (Lipinski definition) is 4. The van der Waals surface area contributed by atoms with Gasteiger partial charge >= 0.3 is 0 Å². The van der Waals surface area contributed by atoms with Crippen molar-refractivity contribution >= 4 is 23.2 Å². The molecule has 1 unspecified atom stereocenters. The zero-order valence-corrected chi connectivity index (χ0v) is 16.8. The van der Waals surface area contributed by atoms with Gasteiger partial charge in [0.2, 0.25) is 11.8 Å². The zero-order chi connectivity index (χ0) is 20.2. The predicted molar refractivity (Wildman–Crippen MR) is 113 cm³/mol. The average molecular weight is 393 g/mol. The van der Waals surface area contributed by atoms with E-state index >= 15 is 0 Å². The van der Waals surface area contributed by atoms with Crippen LogP contribution in [-0.2, 0) is 20.9 Å². The first-order valence-electron chi connectivity index (χ1n) is 10.2. The fourth-order valence-electron chi connectivity index (χ4n) is 3.92. The molecule has 2 fully saturated rings. The summed E-state index contributed by atoms with van der Waals surface area (Å²) >= 11 is 0. The summed E-state index contributed by atoms with van der Waals surface area (Å²) in [6.07, 6.45) is 0.247. The zero-order valence-electron chi connectivity index (χ0n) is 16.8. The van der Waals surface area contributed by atoms with Crippen LogP contribution in [0.3, 0.4) is 0 Å². The van der Waals surface area contributed by atoms with E-state index in [1.807, 2.05) is 55.5 Å². The Morgan fingerprint density at radius 3 is 2.48 bits per heavy atom. The third kappa shape index (κ3) is 4.43. The molecule has 4 rings (SSSR count). The van der Waals surface area contributed by atoms with Gasteiger partial charge in [0, 0.05) is 32.6 Å². The quantitative estimate of drug-likeness (QED) is 0.848. The van der Waals surface area contributed by atoms with Crippen molar-refractivity contribution in [3.63, 3.8) is 0 Å². The summed E-state index contributed by atoms with van der Waals surface area (Å²) < 4.78 is 5.45. The number of benzene rings is 2. The first-order valence-corrected chi connectivity index (χ1v) is 10.2. The standard InChI is InChI=1S/C23H27N3O3/c1-17-6-8-18(9-7-17)15-24-23(28)19-14-22(27)26(16-19)21-5-3-2-4-20(21)25-10-12-29-13-11-25/h2-9,19H,10-16H2,1H3,(H,24,28). The van der Waals surface area contributed by atoms with Gasteiger partial charge in [-0.1, -0.05) is 42.0 Å². The lowest BCUT2D eigenvalue weighted by molar-refractivity contribution is -0.126. The fourth-order valence-corrected chi connectivity index (χ4v) is 3.92. The molecule has 0 bridgehead atoms. The highest BCUT2D eigenvalue weighted by Gasteiger charge is 2.36. The van der Waals surface area contributed by atoms with Gasteiger partial charge in [0.05, 0.1) is 30.5 Å². The van der Waals surface area contributed by atoms with Crippen molar-refractivity contribution in [2.24, 2.45) is 5.92 Å². The van der Waals surface area contributed by atoms with Crippen LogP contribution in [-0.4, -0.2) is 44.7 Å². The fraction of sp³-hybridized carbons (Fsp3) is 0.391. The second-order valence-electron chi connectivity index (χ2n) is 7.70. The molecule has 29 heavy (non-hydrogen) atoms. The van der Waals surface area contributed by atoms with Crippen LogP contribution in [0.15, 0.2) is 48.5 Å². The summed E-state index contributed by atoms with van der Waals surface area (Å²) in [7, 11) is 0. The number of aryl methyl sites for hydroxylation is 1. The van der Waals surface area contributed by atoms with Crippen LogP contribution in [0.1, 0.15) is 17.5 Å². The van der Waals surface area contributed by atoms with Gasteiger partial charge in [-0.05, 0) is 24.6 Å². The van der Waals surface area contributed by atoms with Gasteiger partial charge in [-0.15, -0.1) is 0 Å². The van der Waals surface area contributed by atoms with Crippen LogP contribution in [0.2, 0.25) is 0 Å². The number of carbonyl (C=O) groups is 2. The van der Waals surface area contributed by atoms with Crippen molar-refractivity contribution in [2.45, 2.75) is 19.9 Å². The van der Waals surface area contributed by atoms with Crippen molar-refractivity contribution in [2.75, 3.05) is 42.6 Å². The maximum atomic E-state index is 12.7. The lowest BCUT2D eigenvalue weighted by Crippen LogP contribution is -2.38. The molecule has 0 saturated carbocycles. The SMILES string of the molecule is Cc1ccc(CNC(=O)C2CC(=O)N(c3ccccc3N3CCOCC3)C2)cc1. The van der Waals surface area contributed by atoms with Crippen molar-refractivity contribution in [3.05, 3.63) is 59.7 Å². The summed E-state index contributed by atoms with van der Waals surface area (Å²) in [5.74, 6) is -0.392. The third-order valence-corrected chi connectivity index (χ3v) is 5.61. The van der Waals surface area contributed by atoms with E-state index in [0.29, 0.717) is 26.3 Å². The van der Waals surface area contributed by atoms with Gasteiger partial charge < -0.3 is 19.9 Å². The number of morpholine rings is 1. The molecule has 0 radical (unpaired) electrons. The van der Waals surface area contributed by atoms with E-state index in [-0.39, 0.29) is 24.2 Å². The molecular formula is C23H27N3O3.